The summed E-state index contributed by atoms with van der Waals surface area (Å²) in [4.78, 5) is 29.8. The lowest BCUT2D eigenvalue weighted by molar-refractivity contribution is 0.191. The first-order valence-corrected chi connectivity index (χ1v) is 10.8. The molecular formula is C24H31N5O4. The van der Waals surface area contributed by atoms with Gasteiger partial charge >= 0.3 is 6.09 Å². The molecule has 3 N–H and O–H groups in total. The number of nitrogens with zero attached hydrogens (tertiary/aromatic N) is 3. The lowest BCUT2D eigenvalue weighted by atomic mass is 10.2. The van der Waals surface area contributed by atoms with Gasteiger partial charge < -0.3 is 25.0 Å². The van der Waals surface area contributed by atoms with Gasteiger partial charge in [0, 0.05) is 43.9 Å². The predicted octanol–water partition coefficient (Wildman–Crippen LogP) is 3.89. The standard InChI is InChI=1S/C16H14N4O.C4H9NO2.C4H8O/c21-15-8-7-14(19-16-17-9-4-10-18-16)12-20(15)11-13-5-2-1-3-6-13;1-3(2)5-4(6)7;1-2-4-5-3-1/h1-10,12H,11H2,(H,17,18,19);3,5H,1-2H3,(H,6,7);1-4H2. The van der Waals surface area contributed by atoms with Gasteiger partial charge in [-0.3, -0.25) is 4.79 Å². The fraction of sp³-hybridized carbons (Fsp3) is 0.333. The molecule has 33 heavy (non-hydrogen) atoms. The molecule has 1 saturated heterocycles. The van der Waals surface area contributed by atoms with Crippen molar-refractivity contribution < 1.29 is 14.6 Å². The van der Waals surface area contributed by atoms with E-state index in [0.29, 0.717) is 12.5 Å². The van der Waals surface area contributed by atoms with E-state index in [1.165, 1.54) is 18.9 Å². The number of ether oxygens (including phenoxy) is 1. The molecule has 0 bridgehead atoms. The summed E-state index contributed by atoms with van der Waals surface area (Å²) in [6.07, 6.45) is 6.69. The Labute approximate surface area is 193 Å². The number of rotatable bonds is 5. The van der Waals surface area contributed by atoms with Crippen molar-refractivity contribution in [1.82, 2.24) is 19.9 Å². The summed E-state index contributed by atoms with van der Waals surface area (Å²) in [6, 6.07) is 14.9. The van der Waals surface area contributed by atoms with E-state index in [-0.39, 0.29) is 11.6 Å². The summed E-state index contributed by atoms with van der Waals surface area (Å²) in [6.45, 7) is 6.08. The first kappa shape index (κ1) is 25.5. The third-order valence-electron chi connectivity index (χ3n) is 4.24. The van der Waals surface area contributed by atoms with E-state index in [9.17, 15) is 9.59 Å². The van der Waals surface area contributed by atoms with Gasteiger partial charge in [-0.2, -0.15) is 0 Å². The van der Waals surface area contributed by atoms with Crippen LogP contribution >= 0.6 is 0 Å². The Bertz CT molecular complexity index is 999. The minimum absolute atomic E-state index is 0.0255. The number of carboxylic acid groups (broad SMARTS) is 1. The molecule has 3 aromatic rings. The number of hydrogen-bond acceptors (Lipinski definition) is 6. The van der Waals surface area contributed by atoms with Crippen LogP contribution in [0.3, 0.4) is 0 Å². The highest BCUT2D eigenvalue weighted by Gasteiger charge is 2.02. The van der Waals surface area contributed by atoms with Crippen LogP contribution in [0.1, 0.15) is 32.3 Å². The summed E-state index contributed by atoms with van der Waals surface area (Å²) in [5.74, 6) is 0.502. The van der Waals surface area contributed by atoms with Crippen LogP contribution < -0.4 is 16.2 Å². The van der Waals surface area contributed by atoms with Crippen molar-refractivity contribution in [2.24, 2.45) is 0 Å². The molecule has 1 amide bonds. The quantitative estimate of drug-likeness (QED) is 0.536. The molecule has 9 nitrogen and oxygen atoms in total. The molecule has 0 unspecified atom stereocenters. The topological polar surface area (TPSA) is 118 Å². The van der Waals surface area contributed by atoms with Crippen molar-refractivity contribution in [3.8, 4) is 0 Å². The minimum atomic E-state index is -0.963. The molecule has 0 atom stereocenters. The van der Waals surface area contributed by atoms with Gasteiger partial charge in [0.25, 0.3) is 5.56 Å². The second kappa shape index (κ2) is 14.4. The summed E-state index contributed by atoms with van der Waals surface area (Å²) < 4.78 is 6.60. The largest absolute Gasteiger partial charge is 0.465 e. The average molecular weight is 454 g/mol. The Morgan fingerprint density at radius 2 is 1.73 bits per heavy atom. The van der Waals surface area contributed by atoms with Gasteiger partial charge in [0.15, 0.2) is 0 Å². The maximum Gasteiger partial charge on any atom is 0.404 e. The monoisotopic (exact) mass is 453 g/mol. The zero-order valence-electron chi connectivity index (χ0n) is 19.0. The lowest BCUT2D eigenvalue weighted by Crippen LogP contribution is -2.27. The van der Waals surface area contributed by atoms with E-state index in [4.69, 9.17) is 9.84 Å². The molecule has 1 aliphatic heterocycles. The summed E-state index contributed by atoms with van der Waals surface area (Å²) in [5.41, 5.74) is 1.81. The number of anilines is 2. The molecule has 0 saturated carbocycles. The number of hydrogen-bond donors (Lipinski definition) is 3. The third-order valence-corrected chi connectivity index (χ3v) is 4.24. The summed E-state index contributed by atoms with van der Waals surface area (Å²) in [5, 5.41) is 13.3. The predicted molar refractivity (Wildman–Crippen MR) is 128 cm³/mol. The molecule has 9 heteroatoms. The SMILES string of the molecule is C1CCOC1.CC(C)NC(=O)O.O=c1ccc(Nc2ncccn2)cn1Cc1ccccc1. The van der Waals surface area contributed by atoms with E-state index >= 15 is 0 Å². The van der Waals surface area contributed by atoms with E-state index in [2.05, 4.69) is 20.6 Å². The number of benzene rings is 1. The zero-order chi connectivity index (χ0) is 23.9. The van der Waals surface area contributed by atoms with Gasteiger partial charge in [0.1, 0.15) is 0 Å². The highest BCUT2D eigenvalue weighted by Crippen LogP contribution is 2.10. The van der Waals surface area contributed by atoms with E-state index in [1.807, 2.05) is 30.3 Å². The van der Waals surface area contributed by atoms with Gasteiger partial charge in [-0.15, -0.1) is 0 Å². The molecule has 1 aromatic carbocycles. The van der Waals surface area contributed by atoms with Crippen molar-refractivity contribution in [1.29, 1.82) is 0 Å². The van der Waals surface area contributed by atoms with Crippen molar-refractivity contribution in [2.75, 3.05) is 18.5 Å². The smallest absolute Gasteiger partial charge is 0.404 e. The van der Waals surface area contributed by atoms with Crippen LogP contribution in [-0.2, 0) is 11.3 Å². The highest BCUT2D eigenvalue weighted by molar-refractivity contribution is 5.64. The van der Waals surface area contributed by atoms with Crippen LogP contribution in [0.5, 0.6) is 0 Å². The zero-order valence-corrected chi connectivity index (χ0v) is 19.0. The van der Waals surface area contributed by atoms with Crippen LogP contribution in [0.4, 0.5) is 16.4 Å². The number of carbonyl (C=O) groups is 1. The van der Waals surface area contributed by atoms with Crippen molar-refractivity contribution in [2.45, 2.75) is 39.3 Å². The fourth-order valence-corrected chi connectivity index (χ4v) is 2.76. The van der Waals surface area contributed by atoms with Crippen molar-refractivity contribution >= 4 is 17.7 Å². The van der Waals surface area contributed by atoms with Gasteiger partial charge in [-0.1, -0.05) is 30.3 Å². The molecule has 2 aromatic heterocycles. The van der Waals surface area contributed by atoms with E-state index in [0.717, 1.165) is 24.5 Å². The Morgan fingerprint density at radius 3 is 2.24 bits per heavy atom. The first-order chi connectivity index (χ1) is 15.9. The first-order valence-electron chi connectivity index (χ1n) is 10.8. The maximum atomic E-state index is 11.9. The Morgan fingerprint density at radius 1 is 1.06 bits per heavy atom. The van der Waals surface area contributed by atoms with Crippen molar-refractivity contribution in [3.63, 3.8) is 0 Å². The number of pyridine rings is 1. The molecule has 0 spiro atoms. The molecular weight excluding hydrogens is 422 g/mol. The van der Waals surface area contributed by atoms with E-state index in [1.54, 1.807) is 49.1 Å². The molecule has 176 valence electrons. The normalized spacial score (nSPS) is 12.1. The van der Waals surface area contributed by atoms with Crippen LogP contribution in [0.15, 0.2) is 71.9 Å². The maximum absolute atomic E-state index is 11.9. The Hall–Kier alpha value is -3.72. The molecule has 4 rings (SSSR count). The lowest BCUT2D eigenvalue weighted by Gasteiger charge is -2.09. The number of amides is 1. The van der Waals surface area contributed by atoms with Gasteiger partial charge in [-0.25, -0.2) is 14.8 Å². The van der Waals surface area contributed by atoms with Crippen LogP contribution in [0.2, 0.25) is 0 Å². The second-order valence-corrected chi connectivity index (χ2v) is 7.49. The van der Waals surface area contributed by atoms with E-state index < -0.39 is 6.09 Å². The van der Waals surface area contributed by atoms with Crippen molar-refractivity contribution in [3.05, 3.63) is 83.0 Å². The Balaban J connectivity index is 0.000000264. The third kappa shape index (κ3) is 10.9. The Kier molecular flexibility index (Phi) is 11.1. The van der Waals surface area contributed by atoms with Crippen LogP contribution in [0, 0.1) is 0 Å². The van der Waals surface area contributed by atoms with Gasteiger partial charge in [0.2, 0.25) is 5.95 Å². The number of aromatic nitrogens is 3. The highest BCUT2D eigenvalue weighted by atomic mass is 16.5. The van der Waals surface area contributed by atoms with Gasteiger partial charge in [-0.05, 0) is 44.4 Å². The van der Waals surface area contributed by atoms with Gasteiger partial charge in [0.05, 0.1) is 12.2 Å². The molecule has 0 aliphatic carbocycles. The fourth-order valence-electron chi connectivity index (χ4n) is 2.76. The van der Waals surface area contributed by atoms with Crippen LogP contribution in [0.25, 0.3) is 0 Å². The summed E-state index contributed by atoms with van der Waals surface area (Å²) >= 11 is 0. The molecule has 3 heterocycles. The minimum Gasteiger partial charge on any atom is -0.465 e. The molecule has 1 fully saturated rings. The molecule has 1 aliphatic rings. The summed E-state index contributed by atoms with van der Waals surface area (Å²) in [7, 11) is 0. The average Bonchev–Trinajstić information content (AvgIpc) is 3.37. The van der Waals surface area contributed by atoms with Crippen LogP contribution in [-0.4, -0.2) is 45.0 Å². The molecule has 0 radical (unpaired) electrons. The number of nitrogens with one attached hydrogen (secondary N) is 2. The second-order valence-electron chi connectivity index (χ2n) is 7.49.